The van der Waals surface area contributed by atoms with Crippen LogP contribution in [0.5, 0.6) is 0 Å². The second kappa shape index (κ2) is 11.8. The maximum Gasteiger partial charge on any atom is 0.273 e. The fourth-order valence-electron chi connectivity index (χ4n) is 6.08. The van der Waals surface area contributed by atoms with Crippen LogP contribution >= 0.6 is 23.2 Å². The van der Waals surface area contributed by atoms with Gasteiger partial charge >= 0.3 is 0 Å². The molecule has 0 aliphatic carbocycles. The number of amides is 1. The number of nitrogens with zero attached hydrogens (tertiary/aromatic N) is 2. The van der Waals surface area contributed by atoms with E-state index >= 15 is 0 Å². The zero-order chi connectivity index (χ0) is 31.1. The van der Waals surface area contributed by atoms with Crippen LogP contribution in [0.3, 0.4) is 0 Å². The molecule has 4 aromatic carbocycles. The van der Waals surface area contributed by atoms with Crippen molar-refractivity contribution in [1.29, 1.82) is 5.41 Å². The van der Waals surface area contributed by atoms with Gasteiger partial charge < -0.3 is 20.6 Å². The summed E-state index contributed by atoms with van der Waals surface area (Å²) in [6.07, 6.45) is 4.08. The minimum absolute atomic E-state index is 0.196. The molecule has 1 unspecified atom stereocenters. The van der Waals surface area contributed by atoms with Gasteiger partial charge in [0, 0.05) is 50.4 Å². The van der Waals surface area contributed by atoms with Gasteiger partial charge in [-0.1, -0.05) is 83.9 Å². The lowest BCUT2D eigenvalue weighted by molar-refractivity contribution is 0.0972. The molecule has 3 heterocycles. The third kappa shape index (κ3) is 5.41. The van der Waals surface area contributed by atoms with E-state index in [1.807, 2.05) is 97.2 Å². The number of benzene rings is 4. The first kappa shape index (κ1) is 28.6. The summed E-state index contributed by atoms with van der Waals surface area (Å²) in [5.74, 6) is 0.0257. The highest BCUT2D eigenvalue weighted by Gasteiger charge is 2.38. The number of amidine groups is 1. The topological polar surface area (TPSA) is 84.3 Å². The average molecular weight is 629 g/mol. The Kier molecular flexibility index (Phi) is 7.48. The van der Waals surface area contributed by atoms with E-state index in [1.54, 1.807) is 6.92 Å². The number of aliphatic imine (C=N–C) groups is 1. The number of aromatic amines is 1. The van der Waals surface area contributed by atoms with Gasteiger partial charge in [0.15, 0.2) is 0 Å². The second-order valence-electron chi connectivity index (χ2n) is 11.0. The summed E-state index contributed by atoms with van der Waals surface area (Å²) in [5.41, 5.74) is 11.1. The Balaban J connectivity index is 1.47. The summed E-state index contributed by atoms with van der Waals surface area (Å²) in [4.78, 5) is 24.5. The number of hydrogen-bond acceptors (Lipinski definition) is 4. The summed E-state index contributed by atoms with van der Waals surface area (Å²) in [6, 6.07) is 30.9. The Bertz CT molecular complexity index is 2110. The molecule has 2 aliphatic heterocycles. The van der Waals surface area contributed by atoms with E-state index < -0.39 is 0 Å². The van der Waals surface area contributed by atoms with Crippen molar-refractivity contribution in [3.63, 3.8) is 0 Å². The molecule has 2 aliphatic rings. The number of hydrogen-bond donors (Lipinski definition) is 3. The van der Waals surface area contributed by atoms with Gasteiger partial charge in [-0.3, -0.25) is 4.79 Å². The highest BCUT2D eigenvalue weighted by atomic mass is 35.5. The third-order valence-electron chi connectivity index (χ3n) is 7.87. The molecule has 0 fully saturated rings. The first-order chi connectivity index (χ1) is 21.9. The predicted octanol–water partition coefficient (Wildman–Crippen LogP) is 9.32. The van der Waals surface area contributed by atoms with E-state index in [1.165, 1.54) is 0 Å². The van der Waals surface area contributed by atoms with E-state index in [9.17, 15) is 4.79 Å². The fraction of sp³-hybridized carbons (Fsp3) is 0.0811. The van der Waals surface area contributed by atoms with E-state index in [0.29, 0.717) is 33.0 Å². The molecule has 45 heavy (non-hydrogen) atoms. The molecule has 0 saturated carbocycles. The van der Waals surface area contributed by atoms with E-state index in [0.717, 1.165) is 44.4 Å². The van der Waals surface area contributed by atoms with Crippen molar-refractivity contribution in [1.82, 2.24) is 15.2 Å². The van der Waals surface area contributed by atoms with Crippen LogP contribution in [0.4, 0.5) is 5.69 Å². The first-order valence-electron chi connectivity index (χ1n) is 14.5. The van der Waals surface area contributed by atoms with Crippen LogP contribution < -0.4 is 5.32 Å². The molecule has 0 spiro atoms. The van der Waals surface area contributed by atoms with Gasteiger partial charge in [-0.05, 0) is 66.1 Å². The molecule has 5 aromatic rings. The molecule has 0 saturated heterocycles. The summed E-state index contributed by atoms with van der Waals surface area (Å²) in [7, 11) is 0. The Morgan fingerprint density at radius 1 is 0.978 bits per heavy atom. The second-order valence-corrected chi connectivity index (χ2v) is 11.9. The molecule has 8 heteroatoms. The lowest BCUT2D eigenvalue weighted by Crippen LogP contribution is -2.34. The van der Waals surface area contributed by atoms with Crippen molar-refractivity contribution in [2.45, 2.75) is 19.4 Å². The lowest BCUT2D eigenvalue weighted by Gasteiger charge is -2.39. The van der Waals surface area contributed by atoms with Crippen molar-refractivity contribution in [2.75, 3.05) is 0 Å². The number of allylic oxidation sites excluding steroid dienone is 2. The molecule has 1 aromatic heterocycles. The molecule has 7 rings (SSSR count). The molecule has 220 valence electrons. The van der Waals surface area contributed by atoms with Crippen molar-refractivity contribution >= 4 is 68.5 Å². The normalized spacial score (nSPS) is 15.4. The van der Waals surface area contributed by atoms with E-state index in [-0.39, 0.29) is 18.4 Å². The average Bonchev–Trinajstić information content (AvgIpc) is 3.42. The van der Waals surface area contributed by atoms with Crippen LogP contribution in [0.1, 0.15) is 52.1 Å². The van der Waals surface area contributed by atoms with Crippen LogP contribution in [0, 0.1) is 5.41 Å². The maximum atomic E-state index is 14.3. The molecule has 6 nitrogen and oxygen atoms in total. The zero-order valence-electron chi connectivity index (χ0n) is 24.2. The van der Waals surface area contributed by atoms with Crippen LogP contribution in [-0.2, 0) is 0 Å². The number of aromatic nitrogens is 1. The summed E-state index contributed by atoms with van der Waals surface area (Å²) in [5, 5.41) is 13.3. The van der Waals surface area contributed by atoms with Crippen LogP contribution in [0.15, 0.2) is 120 Å². The summed E-state index contributed by atoms with van der Waals surface area (Å²) in [6.45, 7) is 1.69. The molecule has 1 amide bonds. The SMILES string of the molecule is CC(=N)CC(=Nc1ccccc1)NC(=O)c1[nH]c2cc(Cl)cc3c2c1C1=C(c2ccccc2)C=C=CN1C3c1ccc(Cl)cc1. The lowest BCUT2D eigenvalue weighted by atomic mass is 9.84. The number of carbonyl (C=O) groups is 1. The first-order valence-corrected chi connectivity index (χ1v) is 15.2. The van der Waals surface area contributed by atoms with Crippen molar-refractivity contribution < 1.29 is 4.79 Å². The number of fused-ring (bicyclic) bond motifs is 2. The van der Waals surface area contributed by atoms with Gasteiger partial charge in [0.2, 0.25) is 0 Å². The van der Waals surface area contributed by atoms with E-state index in [4.69, 9.17) is 28.6 Å². The summed E-state index contributed by atoms with van der Waals surface area (Å²) >= 11 is 13.0. The van der Waals surface area contributed by atoms with Gasteiger partial charge in [0.05, 0.1) is 17.4 Å². The van der Waals surface area contributed by atoms with Crippen molar-refractivity contribution in [3.8, 4) is 0 Å². The van der Waals surface area contributed by atoms with Gasteiger partial charge in [-0.25, -0.2) is 4.99 Å². The number of carbonyl (C=O) groups excluding carboxylic acids is 1. The van der Waals surface area contributed by atoms with Gasteiger partial charge in [-0.15, -0.1) is 5.73 Å². The van der Waals surface area contributed by atoms with E-state index in [2.05, 4.69) is 38.1 Å². The molecular weight excluding hydrogens is 601 g/mol. The standard InChI is InChI=1S/C37H27Cl2N5O/c1-22(40)19-31(41-27-11-6-3-7-12-27)43-37(45)34-33-32-29(20-26(39)21-30(32)42-34)35(24-14-16-25(38)17-15-24)44-18-8-13-28(36(33)44)23-9-4-2-5-10-23/h2-7,9-18,20-21,35,40,42H,19H2,1H3,(H,41,43,45). The number of rotatable bonds is 6. The highest BCUT2D eigenvalue weighted by molar-refractivity contribution is 6.32. The minimum Gasteiger partial charge on any atom is -0.350 e. The molecule has 0 bridgehead atoms. The molecule has 3 N–H and O–H groups in total. The van der Waals surface area contributed by atoms with Gasteiger partial charge in [0.1, 0.15) is 11.5 Å². The third-order valence-corrected chi connectivity index (χ3v) is 8.34. The molecular formula is C37H27Cl2N5O. The number of H-pyrrole nitrogens is 1. The Morgan fingerprint density at radius 3 is 2.40 bits per heavy atom. The van der Waals surface area contributed by atoms with Crippen LogP contribution in [-0.4, -0.2) is 27.3 Å². The number of halogens is 2. The summed E-state index contributed by atoms with van der Waals surface area (Å²) < 4.78 is 0. The quantitative estimate of drug-likeness (QED) is 0.0995. The maximum absolute atomic E-state index is 14.3. The Morgan fingerprint density at radius 2 is 1.69 bits per heavy atom. The molecule has 1 atom stereocenters. The minimum atomic E-state index is -0.359. The Labute approximate surface area is 270 Å². The van der Waals surface area contributed by atoms with Gasteiger partial charge in [0.25, 0.3) is 5.91 Å². The number of para-hydroxylation sites is 1. The van der Waals surface area contributed by atoms with Crippen molar-refractivity contribution in [2.24, 2.45) is 4.99 Å². The predicted molar refractivity (Wildman–Crippen MR) is 183 cm³/mol. The van der Waals surface area contributed by atoms with Crippen molar-refractivity contribution in [3.05, 3.63) is 153 Å². The monoisotopic (exact) mass is 627 g/mol. The highest BCUT2D eigenvalue weighted by Crippen LogP contribution is 2.51. The van der Waals surface area contributed by atoms with Gasteiger partial charge in [-0.2, -0.15) is 0 Å². The number of nitrogens with one attached hydrogen (secondary N) is 3. The van der Waals surface area contributed by atoms with Crippen LogP contribution in [0.2, 0.25) is 10.0 Å². The molecule has 0 radical (unpaired) electrons. The smallest absolute Gasteiger partial charge is 0.273 e. The Hall–Kier alpha value is -5.13. The zero-order valence-corrected chi connectivity index (χ0v) is 25.7. The van der Waals surface area contributed by atoms with Crippen LogP contribution in [0.25, 0.3) is 22.2 Å². The largest absolute Gasteiger partial charge is 0.350 e. The fourth-order valence-corrected chi connectivity index (χ4v) is 6.43.